The SMILES string of the molecule is C#CCO[C@H]1Cc2ccccc2[C@@H]1n1cccc1. The summed E-state index contributed by atoms with van der Waals surface area (Å²) in [7, 11) is 0. The van der Waals surface area contributed by atoms with E-state index in [1.54, 1.807) is 0 Å². The third-order valence-corrected chi connectivity index (χ3v) is 3.48. The van der Waals surface area contributed by atoms with E-state index in [0.717, 1.165) is 6.42 Å². The van der Waals surface area contributed by atoms with Gasteiger partial charge in [-0.2, -0.15) is 0 Å². The molecule has 0 bridgehead atoms. The summed E-state index contributed by atoms with van der Waals surface area (Å²) in [4.78, 5) is 0. The molecule has 1 aromatic heterocycles. The Hall–Kier alpha value is -1.98. The number of hydrogen-bond donors (Lipinski definition) is 0. The van der Waals surface area contributed by atoms with E-state index in [1.165, 1.54) is 11.1 Å². The van der Waals surface area contributed by atoms with Gasteiger partial charge in [0, 0.05) is 18.8 Å². The Balaban J connectivity index is 1.97. The molecule has 3 rings (SSSR count). The highest BCUT2D eigenvalue weighted by Crippen LogP contribution is 2.36. The maximum atomic E-state index is 5.81. The lowest BCUT2D eigenvalue weighted by atomic mass is 10.1. The van der Waals surface area contributed by atoms with E-state index < -0.39 is 0 Å². The molecule has 0 aliphatic heterocycles. The van der Waals surface area contributed by atoms with Crippen molar-refractivity contribution in [2.75, 3.05) is 6.61 Å². The fourth-order valence-corrected chi connectivity index (χ4v) is 2.73. The summed E-state index contributed by atoms with van der Waals surface area (Å²) in [6, 6.07) is 12.8. The summed E-state index contributed by atoms with van der Waals surface area (Å²) < 4.78 is 8.02. The summed E-state index contributed by atoms with van der Waals surface area (Å²) in [6.07, 6.45) is 10.5. The van der Waals surface area contributed by atoms with Crippen molar-refractivity contribution in [3.05, 3.63) is 59.9 Å². The Bertz CT molecular complexity index is 565. The van der Waals surface area contributed by atoms with Crippen LogP contribution in [0.3, 0.4) is 0 Å². The second kappa shape index (κ2) is 4.72. The third kappa shape index (κ3) is 1.83. The highest BCUT2D eigenvalue weighted by molar-refractivity contribution is 5.37. The standard InChI is InChI=1S/C16H15NO/c1-2-11-18-15-12-13-7-3-4-8-14(13)16(15)17-9-5-6-10-17/h1,3-10,15-16H,11-12H2/t15-,16-/m0/s1. The van der Waals surface area contributed by atoms with Crippen molar-refractivity contribution in [3.63, 3.8) is 0 Å². The number of ether oxygens (including phenoxy) is 1. The van der Waals surface area contributed by atoms with Crippen molar-refractivity contribution in [3.8, 4) is 12.3 Å². The van der Waals surface area contributed by atoms with E-state index in [-0.39, 0.29) is 12.1 Å². The second-order valence-electron chi connectivity index (χ2n) is 4.53. The Morgan fingerprint density at radius 2 is 2.00 bits per heavy atom. The van der Waals surface area contributed by atoms with Crippen LogP contribution in [0.2, 0.25) is 0 Å². The maximum absolute atomic E-state index is 5.81. The van der Waals surface area contributed by atoms with Gasteiger partial charge in [-0.15, -0.1) is 6.42 Å². The molecule has 1 aliphatic rings. The summed E-state index contributed by atoms with van der Waals surface area (Å²) in [5, 5.41) is 0. The van der Waals surface area contributed by atoms with E-state index in [2.05, 4.69) is 47.1 Å². The van der Waals surface area contributed by atoms with Crippen molar-refractivity contribution >= 4 is 0 Å². The molecule has 1 heterocycles. The zero-order chi connectivity index (χ0) is 12.4. The van der Waals surface area contributed by atoms with Gasteiger partial charge in [-0.05, 0) is 23.3 Å². The number of terminal acetylenes is 1. The van der Waals surface area contributed by atoms with Gasteiger partial charge >= 0.3 is 0 Å². The van der Waals surface area contributed by atoms with Crippen LogP contribution in [-0.2, 0) is 11.2 Å². The first-order valence-corrected chi connectivity index (χ1v) is 6.15. The molecule has 2 aromatic rings. The Morgan fingerprint density at radius 1 is 1.22 bits per heavy atom. The second-order valence-corrected chi connectivity index (χ2v) is 4.53. The number of fused-ring (bicyclic) bond motifs is 1. The minimum atomic E-state index is 0.130. The summed E-state index contributed by atoms with van der Waals surface area (Å²) in [5.41, 5.74) is 2.70. The molecule has 0 spiro atoms. The van der Waals surface area contributed by atoms with Crippen molar-refractivity contribution in [1.82, 2.24) is 4.57 Å². The Morgan fingerprint density at radius 3 is 2.78 bits per heavy atom. The third-order valence-electron chi connectivity index (χ3n) is 3.48. The smallest absolute Gasteiger partial charge is 0.107 e. The van der Waals surface area contributed by atoms with Crippen molar-refractivity contribution in [1.29, 1.82) is 0 Å². The van der Waals surface area contributed by atoms with Crippen LogP contribution in [0, 0.1) is 12.3 Å². The summed E-state index contributed by atoms with van der Waals surface area (Å²) >= 11 is 0. The van der Waals surface area contributed by atoms with E-state index in [9.17, 15) is 0 Å². The topological polar surface area (TPSA) is 14.2 Å². The average molecular weight is 237 g/mol. The van der Waals surface area contributed by atoms with Crippen LogP contribution in [0.1, 0.15) is 17.2 Å². The molecular formula is C16H15NO. The molecule has 0 amide bonds. The van der Waals surface area contributed by atoms with Crippen LogP contribution in [0.5, 0.6) is 0 Å². The fraction of sp³-hybridized carbons (Fsp3) is 0.250. The Kier molecular flexibility index (Phi) is 2.92. The molecule has 0 fully saturated rings. The lowest BCUT2D eigenvalue weighted by molar-refractivity contribution is 0.0584. The number of aromatic nitrogens is 1. The molecule has 90 valence electrons. The van der Waals surface area contributed by atoms with Gasteiger partial charge in [-0.1, -0.05) is 30.2 Å². The maximum Gasteiger partial charge on any atom is 0.107 e. The Labute approximate surface area is 107 Å². The number of rotatable bonds is 3. The zero-order valence-electron chi connectivity index (χ0n) is 10.1. The lowest BCUT2D eigenvalue weighted by Gasteiger charge is -2.22. The predicted octanol–water partition coefficient (Wildman–Crippen LogP) is 2.65. The molecule has 2 nitrogen and oxygen atoms in total. The van der Waals surface area contributed by atoms with Crippen LogP contribution in [0.15, 0.2) is 48.8 Å². The molecule has 1 aromatic carbocycles. The van der Waals surface area contributed by atoms with Gasteiger partial charge in [-0.25, -0.2) is 0 Å². The van der Waals surface area contributed by atoms with Crippen molar-refractivity contribution in [2.45, 2.75) is 18.6 Å². The lowest BCUT2D eigenvalue weighted by Crippen LogP contribution is -2.23. The van der Waals surface area contributed by atoms with E-state index in [1.807, 2.05) is 12.1 Å². The fourth-order valence-electron chi connectivity index (χ4n) is 2.73. The predicted molar refractivity (Wildman–Crippen MR) is 71.3 cm³/mol. The van der Waals surface area contributed by atoms with Gasteiger partial charge in [0.15, 0.2) is 0 Å². The normalized spacial score (nSPS) is 21.5. The minimum Gasteiger partial charge on any atom is -0.363 e. The summed E-state index contributed by atoms with van der Waals surface area (Å²) in [6.45, 7) is 0.371. The van der Waals surface area contributed by atoms with E-state index >= 15 is 0 Å². The van der Waals surface area contributed by atoms with Crippen LogP contribution in [0.4, 0.5) is 0 Å². The van der Waals surface area contributed by atoms with Crippen molar-refractivity contribution in [2.24, 2.45) is 0 Å². The molecule has 2 heteroatoms. The first kappa shape index (κ1) is 11.1. The monoisotopic (exact) mass is 237 g/mol. The highest BCUT2D eigenvalue weighted by atomic mass is 16.5. The molecule has 2 atom stereocenters. The van der Waals surface area contributed by atoms with Gasteiger partial charge in [0.25, 0.3) is 0 Å². The molecule has 18 heavy (non-hydrogen) atoms. The number of nitrogens with zero attached hydrogens (tertiary/aromatic N) is 1. The van der Waals surface area contributed by atoms with Gasteiger partial charge in [-0.3, -0.25) is 0 Å². The minimum absolute atomic E-state index is 0.130. The quantitative estimate of drug-likeness (QED) is 0.749. The molecular weight excluding hydrogens is 222 g/mol. The molecule has 0 saturated heterocycles. The van der Waals surface area contributed by atoms with E-state index in [4.69, 9.17) is 11.2 Å². The highest BCUT2D eigenvalue weighted by Gasteiger charge is 2.33. The van der Waals surface area contributed by atoms with E-state index in [0.29, 0.717) is 6.61 Å². The van der Waals surface area contributed by atoms with Crippen LogP contribution >= 0.6 is 0 Å². The number of hydrogen-bond acceptors (Lipinski definition) is 1. The zero-order valence-corrected chi connectivity index (χ0v) is 10.1. The molecule has 0 unspecified atom stereocenters. The largest absolute Gasteiger partial charge is 0.363 e. The molecule has 0 N–H and O–H groups in total. The molecule has 0 radical (unpaired) electrons. The van der Waals surface area contributed by atoms with Gasteiger partial charge in [0.2, 0.25) is 0 Å². The van der Waals surface area contributed by atoms with Crippen molar-refractivity contribution < 1.29 is 4.74 Å². The van der Waals surface area contributed by atoms with Crippen LogP contribution in [-0.4, -0.2) is 17.3 Å². The molecule has 0 saturated carbocycles. The van der Waals surface area contributed by atoms with Gasteiger partial charge in [0.1, 0.15) is 6.61 Å². The number of benzene rings is 1. The first-order valence-electron chi connectivity index (χ1n) is 6.15. The first-order chi connectivity index (χ1) is 8.90. The molecule has 1 aliphatic carbocycles. The summed E-state index contributed by atoms with van der Waals surface area (Å²) in [5.74, 6) is 2.56. The van der Waals surface area contributed by atoms with Crippen LogP contribution < -0.4 is 0 Å². The average Bonchev–Trinajstić information content (AvgIpc) is 3.02. The van der Waals surface area contributed by atoms with Crippen LogP contribution in [0.25, 0.3) is 0 Å². The van der Waals surface area contributed by atoms with Gasteiger partial charge < -0.3 is 9.30 Å². The van der Waals surface area contributed by atoms with Gasteiger partial charge in [0.05, 0.1) is 12.1 Å².